The van der Waals surface area contributed by atoms with Gasteiger partial charge in [0, 0.05) is 3.91 Å². The minimum atomic E-state index is -0.406. The van der Waals surface area contributed by atoms with Crippen molar-refractivity contribution in [2.24, 2.45) is 0 Å². The molecule has 0 bridgehead atoms. The van der Waals surface area contributed by atoms with Gasteiger partial charge < -0.3 is 0 Å². The van der Waals surface area contributed by atoms with Gasteiger partial charge in [0.05, 0.1) is 0 Å². The van der Waals surface area contributed by atoms with Crippen LogP contribution in [-0.4, -0.2) is 60.2 Å². The molecule has 0 rings (SSSR count). The van der Waals surface area contributed by atoms with E-state index in [4.69, 9.17) is 0 Å². The number of hydrogen-bond donors (Lipinski definition) is 0. The standard InChI is InChI=1S/C10H28S3/c1-11(2,3)10(12(4,5)6)13(7,8)9/h10H,1-9H3. The van der Waals surface area contributed by atoms with E-state index in [9.17, 15) is 0 Å². The summed E-state index contributed by atoms with van der Waals surface area (Å²) in [5.74, 6) is 0. The molecule has 0 heterocycles. The van der Waals surface area contributed by atoms with E-state index in [0.29, 0.717) is 0 Å². The summed E-state index contributed by atoms with van der Waals surface area (Å²) in [6.07, 6.45) is 22.3. The predicted octanol–water partition coefficient (Wildman–Crippen LogP) is 3.35. The lowest BCUT2D eigenvalue weighted by molar-refractivity contribution is 1.72. The molecule has 0 saturated carbocycles. The first-order chi connectivity index (χ1) is 5.37. The van der Waals surface area contributed by atoms with Crippen molar-refractivity contribution >= 4 is 30.1 Å². The van der Waals surface area contributed by atoms with Gasteiger partial charge in [0.25, 0.3) is 0 Å². The van der Waals surface area contributed by atoms with Crippen LogP contribution in [0.1, 0.15) is 0 Å². The Labute approximate surface area is 90.2 Å². The van der Waals surface area contributed by atoms with Gasteiger partial charge in [-0.2, -0.15) is 0 Å². The second kappa shape index (κ2) is 3.90. The van der Waals surface area contributed by atoms with Gasteiger partial charge in [0.15, 0.2) is 0 Å². The molecule has 0 aliphatic rings. The molecule has 86 valence electrons. The van der Waals surface area contributed by atoms with Crippen LogP contribution >= 0.6 is 30.1 Å². The average molecular weight is 245 g/mol. The molecule has 3 heteroatoms. The number of hydrogen-bond acceptors (Lipinski definition) is 0. The van der Waals surface area contributed by atoms with E-state index in [1.54, 1.807) is 0 Å². The lowest BCUT2D eigenvalue weighted by atomic mass is 11.7. The van der Waals surface area contributed by atoms with Crippen LogP contribution in [0.2, 0.25) is 0 Å². The first-order valence-corrected chi connectivity index (χ1v) is 13.1. The molecule has 0 aromatic rings. The molecule has 0 amide bonds. The van der Waals surface area contributed by atoms with Crippen LogP contribution in [0.3, 0.4) is 0 Å². The third-order valence-electron chi connectivity index (χ3n) is 1.73. The van der Waals surface area contributed by atoms with Crippen molar-refractivity contribution < 1.29 is 0 Å². The summed E-state index contributed by atoms with van der Waals surface area (Å²) in [6.45, 7) is 0. The Morgan fingerprint density at radius 2 is 0.615 bits per heavy atom. The van der Waals surface area contributed by atoms with Gasteiger partial charge in [-0.05, 0) is 56.3 Å². The van der Waals surface area contributed by atoms with Crippen molar-refractivity contribution in [1.82, 2.24) is 0 Å². The maximum absolute atomic E-state index is 2.48. The molecular formula is C10H28S3. The zero-order valence-corrected chi connectivity index (χ0v) is 13.3. The van der Waals surface area contributed by atoms with E-state index >= 15 is 0 Å². The summed E-state index contributed by atoms with van der Waals surface area (Å²) >= 11 is 0. The van der Waals surface area contributed by atoms with Crippen molar-refractivity contribution in [2.45, 2.75) is 3.91 Å². The Balaban J connectivity index is 5.02. The molecule has 0 radical (unpaired) electrons. The molecule has 0 fully saturated rings. The molecule has 0 aromatic carbocycles. The lowest BCUT2D eigenvalue weighted by Crippen LogP contribution is -2.26. The molecule has 0 aliphatic heterocycles. The van der Waals surface area contributed by atoms with Crippen LogP contribution in [0.4, 0.5) is 0 Å². The van der Waals surface area contributed by atoms with Crippen molar-refractivity contribution in [3.8, 4) is 0 Å². The lowest BCUT2D eigenvalue weighted by Gasteiger charge is -2.56. The van der Waals surface area contributed by atoms with Crippen molar-refractivity contribution in [3.63, 3.8) is 0 Å². The highest BCUT2D eigenvalue weighted by Crippen LogP contribution is 2.71. The van der Waals surface area contributed by atoms with Crippen molar-refractivity contribution in [1.29, 1.82) is 0 Å². The third-order valence-corrected chi connectivity index (χ3v) is 15.6. The van der Waals surface area contributed by atoms with Crippen LogP contribution in [0.5, 0.6) is 0 Å². The highest BCUT2D eigenvalue weighted by molar-refractivity contribution is 8.62. The summed E-state index contributed by atoms with van der Waals surface area (Å²) in [5, 5.41) is 0. The predicted molar refractivity (Wildman–Crippen MR) is 79.9 cm³/mol. The van der Waals surface area contributed by atoms with Crippen LogP contribution in [0.15, 0.2) is 0 Å². The van der Waals surface area contributed by atoms with Crippen molar-refractivity contribution in [3.05, 3.63) is 0 Å². The summed E-state index contributed by atoms with van der Waals surface area (Å²) in [5.41, 5.74) is 0. The van der Waals surface area contributed by atoms with Gasteiger partial charge in [-0.15, -0.1) is 0 Å². The van der Waals surface area contributed by atoms with Crippen molar-refractivity contribution in [2.75, 3.05) is 56.3 Å². The molecule has 0 aliphatic carbocycles. The maximum atomic E-state index is 2.48. The monoisotopic (exact) mass is 244 g/mol. The molecule has 0 saturated heterocycles. The van der Waals surface area contributed by atoms with E-state index < -0.39 is 30.1 Å². The van der Waals surface area contributed by atoms with Gasteiger partial charge in [-0.1, -0.05) is 0 Å². The Bertz CT molecular complexity index is 133. The summed E-state index contributed by atoms with van der Waals surface area (Å²) in [6, 6.07) is 0. The Kier molecular flexibility index (Phi) is 4.21. The second-order valence-electron chi connectivity index (χ2n) is 6.08. The van der Waals surface area contributed by atoms with Gasteiger partial charge in [-0.3, -0.25) is 0 Å². The van der Waals surface area contributed by atoms with Gasteiger partial charge in [-0.25, -0.2) is 30.1 Å². The highest BCUT2D eigenvalue weighted by atomic mass is 32.4. The molecular weight excluding hydrogens is 216 g/mol. The van der Waals surface area contributed by atoms with E-state index in [0.717, 1.165) is 3.91 Å². The SMILES string of the molecule is CS(C)(C)C(S(C)(C)C)S(C)(C)C. The summed E-state index contributed by atoms with van der Waals surface area (Å²) < 4.78 is 0.979. The van der Waals surface area contributed by atoms with Gasteiger partial charge in [0.2, 0.25) is 0 Å². The van der Waals surface area contributed by atoms with E-state index in [1.807, 2.05) is 0 Å². The van der Waals surface area contributed by atoms with E-state index in [-0.39, 0.29) is 0 Å². The maximum Gasteiger partial charge on any atom is 0.0481 e. The Morgan fingerprint density at radius 1 is 0.462 bits per heavy atom. The first kappa shape index (κ1) is 14.1. The highest BCUT2D eigenvalue weighted by Gasteiger charge is 2.35. The topological polar surface area (TPSA) is 0 Å². The first-order valence-electron chi connectivity index (χ1n) is 4.38. The van der Waals surface area contributed by atoms with Crippen LogP contribution in [0.25, 0.3) is 0 Å². The van der Waals surface area contributed by atoms with E-state index in [2.05, 4.69) is 56.3 Å². The zero-order chi connectivity index (χ0) is 11.1. The fourth-order valence-corrected chi connectivity index (χ4v) is 23.4. The zero-order valence-electron chi connectivity index (χ0n) is 10.8. The van der Waals surface area contributed by atoms with Crippen LogP contribution in [-0.2, 0) is 0 Å². The van der Waals surface area contributed by atoms with Crippen LogP contribution < -0.4 is 0 Å². The average Bonchev–Trinajstić information content (AvgIpc) is 1.44. The fourth-order valence-electron chi connectivity index (χ4n) is 2.60. The Morgan fingerprint density at radius 3 is 0.615 bits per heavy atom. The third kappa shape index (κ3) is 4.39. The molecule has 13 heavy (non-hydrogen) atoms. The minimum absolute atomic E-state index is 0.406. The minimum Gasteiger partial charge on any atom is -0.232 e. The molecule has 0 unspecified atom stereocenters. The molecule has 0 nitrogen and oxygen atoms in total. The van der Waals surface area contributed by atoms with Gasteiger partial charge >= 0.3 is 0 Å². The fraction of sp³-hybridized carbons (Fsp3) is 1.00. The molecule has 0 aromatic heterocycles. The van der Waals surface area contributed by atoms with E-state index in [1.165, 1.54) is 0 Å². The quantitative estimate of drug-likeness (QED) is 0.714. The largest absolute Gasteiger partial charge is 0.232 e. The summed E-state index contributed by atoms with van der Waals surface area (Å²) in [4.78, 5) is 0. The normalized spacial score (nSPS) is 18.9. The molecule has 0 atom stereocenters. The Hall–Kier alpha value is 1.05. The summed E-state index contributed by atoms with van der Waals surface area (Å²) in [7, 11) is -1.22. The molecule has 0 N–H and O–H groups in total. The van der Waals surface area contributed by atoms with Crippen LogP contribution in [0, 0.1) is 0 Å². The molecule has 0 spiro atoms. The van der Waals surface area contributed by atoms with Gasteiger partial charge in [0.1, 0.15) is 0 Å². The second-order valence-corrected chi connectivity index (χ2v) is 20.0. The number of rotatable bonds is 3. The smallest absolute Gasteiger partial charge is 0.0481 e.